The Hall–Kier alpha value is -1.95. The smallest absolute Gasteiger partial charge is 0.261 e. The molecule has 0 aliphatic carbocycles. The minimum Gasteiger partial charge on any atom is -0.497 e. The summed E-state index contributed by atoms with van der Waals surface area (Å²) in [4.78, 5) is 0.135. The lowest BCUT2D eigenvalue weighted by atomic mass is 10.1. The second-order valence-corrected chi connectivity index (χ2v) is 7.55. The molecule has 0 heterocycles. The molecule has 0 atom stereocenters. The molecule has 7 heteroatoms. The van der Waals surface area contributed by atoms with Crippen molar-refractivity contribution < 1.29 is 13.2 Å². The molecule has 3 aromatic carbocycles. The fraction of sp³-hybridized carbons (Fsp3) is 0.0588. The van der Waals surface area contributed by atoms with Gasteiger partial charge in [-0.3, -0.25) is 4.72 Å². The van der Waals surface area contributed by atoms with Gasteiger partial charge >= 0.3 is 0 Å². The molecule has 0 unspecified atom stereocenters. The largest absolute Gasteiger partial charge is 0.497 e. The Kier molecular flexibility index (Phi) is 4.58. The number of methoxy groups -OCH3 is 1. The van der Waals surface area contributed by atoms with Gasteiger partial charge in [-0.15, -0.1) is 0 Å². The van der Waals surface area contributed by atoms with Crippen molar-refractivity contribution in [3.05, 3.63) is 64.6 Å². The molecule has 0 saturated heterocycles. The third kappa shape index (κ3) is 3.29. The molecule has 0 radical (unpaired) electrons. The van der Waals surface area contributed by atoms with Crippen LogP contribution in [-0.2, 0) is 10.0 Å². The van der Waals surface area contributed by atoms with E-state index in [9.17, 15) is 8.42 Å². The molecular formula is C17H13Cl2NO3S. The molecular weight excluding hydrogens is 369 g/mol. The summed E-state index contributed by atoms with van der Waals surface area (Å²) in [5, 5.41) is 2.11. The van der Waals surface area contributed by atoms with Crippen molar-refractivity contribution >= 4 is 49.7 Å². The van der Waals surface area contributed by atoms with Gasteiger partial charge in [0.25, 0.3) is 10.0 Å². The zero-order valence-corrected chi connectivity index (χ0v) is 14.9. The summed E-state index contributed by atoms with van der Waals surface area (Å²) in [6.45, 7) is 0. The van der Waals surface area contributed by atoms with Crippen molar-refractivity contribution in [3.63, 3.8) is 0 Å². The van der Waals surface area contributed by atoms with Gasteiger partial charge in [0.1, 0.15) is 5.75 Å². The Bertz CT molecular complexity index is 1020. The molecule has 1 N–H and O–H groups in total. The predicted molar refractivity (Wildman–Crippen MR) is 97.8 cm³/mol. The highest BCUT2D eigenvalue weighted by molar-refractivity contribution is 7.92. The maximum absolute atomic E-state index is 12.6. The number of sulfonamides is 1. The monoisotopic (exact) mass is 381 g/mol. The van der Waals surface area contributed by atoms with E-state index < -0.39 is 10.0 Å². The molecule has 3 aromatic rings. The van der Waals surface area contributed by atoms with Crippen LogP contribution in [0.25, 0.3) is 10.8 Å². The standard InChI is InChI=1S/C17H13Cl2NO3S/c1-23-13-7-5-12-10-14(8-6-11(12)9-13)24(21,22)20-16-4-2-3-15(18)17(16)19/h2-10,20H,1H3. The first-order chi connectivity index (χ1) is 11.4. The molecule has 3 rings (SSSR count). The third-order valence-corrected chi connectivity index (χ3v) is 5.71. The number of halogens is 2. The number of anilines is 1. The van der Waals surface area contributed by atoms with E-state index in [4.69, 9.17) is 27.9 Å². The lowest BCUT2D eigenvalue weighted by molar-refractivity contribution is 0.415. The van der Waals surface area contributed by atoms with E-state index in [0.717, 1.165) is 10.8 Å². The topological polar surface area (TPSA) is 55.4 Å². The van der Waals surface area contributed by atoms with E-state index in [1.54, 1.807) is 49.6 Å². The van der Waals surface area contributed by atoms with E-state index >= 15 is 0 Å². The van der Waals surface area contributed by atoms with Gasteiger partial charge in [0.15, 0.2) is 0 Å². The van der Waals surface area contributed by atoms with Crippen molar-refractivity contribution in [2.75, 3.05) is 11.8 Å². The van der Waals surface area contributed by atoms with Gasteiger partial charge in [-0.05, 0) is 47.2 Å². The summed E-state index contributed by atoms with van der Waals surface area (Å²) in [7, 11) is -2.20. The fourth-order valence-electron chi connectivity index (χ4n) is 2.28. The molecule has 0 amide bonds. The average Bonchev–Trinajstić information content (AvgIpc) is 2.58. The highest BCUT2D eigenvalue weighted by Crippen LogP contribution is 2.31. The van der Waals surface area contributed by atoms with Crippen LogP contribution in [0.15, 0.2) is 59.5 Å². The van der Waals surface area contributed by atoms with Crippen molar-refractivity contribution in [2.45, 2.75) is 4.90 Å². The molecule has 0 aliphatic heterocycles. The quantitative estimate of drug-likeness (QED) is 0.694. The summed E-state index contributed by atoms with van der Waals surface area (Å²) in [6.07, 6.45) is 0. The zero-order valence-electron chi connectivity index (χ0n) is 12.6. The normalized spacial score (nSPS) is 11.5. The maximum atomic E-state index is 12.6. The van der Waals surface area contributed by atoms with Crippen LogP contribution in [0, 0.1) is 0 Å². The molecule has 0 aliphatic rings. The number of hydrogen-bond acceptors (Lipinski definition) is 3. The van der Waals surface area contributed by atoms with Crippen molar-refractivity contribution in [1.82, 2.24) is 0 Å². The van der Waals surface area contributed by atoms with E-state index in [1.807, 2.05) is 6.07 Å². The first-order valence-corrected chi connectivity index (χ1v) is 9.19. The van der Waals surface area contributed by atoms with Gasteiger partial charge in [0, 0.05) is 0 Å². The highest BCUT2D eigenvalue weighted by atomic mass is 35.5. The SMILES string of the molecule is COc1ccc2cc(S(=O)(=O)Nc3cccc(Cl)c3Cl)ccc2c1. The van der Waals surface area contributed by atoms with Gasteiger partial charge in [-0.1, -0.05) is 41.4 Å². The Balaban J connectivity index is 2.00. The molecule has 0 bridgehead atoms. The summed E-state index contributed by atoms with van der Waals surface area (Å²) < 4.78 is 32.8. The van der Waals surface area contributed by atoms with E-state index in [2.05, 4.69) is 4.72 Å². The minimum absolute atomic E-state index is 0.135. The van der Waals surface area contributed by atoms with Gasteiger partial charge < -0.3 is 4.74 Å². The second kappa shape index (κ2) is 6.51. The molecule has 124 valence electrons. The molecule has 24 heavy (non-hydrogen) atoms. The summed E-state index contributed by atoms with van der Waals surface area (Å²) >= 11 is 12.0. The van der Waals surface area contributed by atoms with Crippen LogP contribution in [0.2, 0.25) is 10.0 Å². The van der Waals surface area contributed by atoms with Crippen molar-refractivity contribution in [1.29, 1.82) is 0 Å². The van der Waals surface area contributed by atoms with Crippen molar-refractivity contribution in [2.24, 2.45) is 0 Å². The molecule has 0 aromatic heterocycles. The van der Waals surface area contributed by atoms with E-state index in [1.165, 1.54) is 6.07 Å². The summed E-state index contributed by atoms with van der Waals surface area (Å²) in [5.41, 5.74) is 0.235. The average molecular weight is 382 g/mol. The molecule has 4 nitrogen and oxygen atoms in total. The van der Waals surface area contributed by atoms with Crippen LogP contribution in [0.4, 0.5) is 5.69 Å². The maximum Gasteiger partial charge on any atom is 0.261 e. The number of ether oxygens (including phenoxy) is 1. The highest BCUT2D eigenvalue weighted by Gasteiger charge is 2.17. The van der Waals surface area contributed by atoms with Gasteiger partial charge in [-0.2, -0.15) is 0 Å². The van der Waals surface area contributed by atoms with E-state index in [0.29, 0.717) is 5.75 Å². The first-order valence-electron chi connectivity index (χ1n) is 6.95. The molecule has 0 fully saturated rings. The van der Waals surface area contributed by atoms with Gasteiger partial charge in [0.05, 0.1) is 27.7 Å². The van der Waals surface area contributed by atoms with Crippen LogP contribution < -0.4 is 9.46 Å². The lowest BCUT2D eigenvalue weighted by Gasteiger charge is -2.11. The number of benzene rings is 3. The summed E-state index contributed by atoms with van der Waals surface area (Å²) in [5.74, 6) is 0.710. The van der Waals surface area contributed by atoms with Crippen molar-refractivity contribution in [3.8, 4) is 5.75 Å². The number of fused-ring (bicyclic) bond motifs is 1. The Morgan fingerprint density at radius 2 is 1.67 bits per heavy atom. The van der Waals surface area contributed by atoms with E-state index in [-0.39, 0.29) is 20.6 Å². The molecule has 0 saturated carbocycles. The Morgan fingerprint density at radius 1 is 0.958 bits per heavy atom. The zero-order chi connectivity index (χ0) is 17.3. The minimum atomic E-state index is -3.78. The Labute approximate surface area is 150 Å². The second-order valence-electron chi connectivity index (χ2n) is 5.08. The van der Waals surface area contributed by atoms with Gasteiger partial charge in [0.2, 0.25) is 0 Å². The number of hydrogen-bond donors (Lipinski definition) is 1. The molecule has 0 spiro atoms. The Morgan fingerprint density at radius 3 is 2.42 bits per heavy atom. The lowest BCUT2D eigenvalue weighted by Crippen LogP contribution is -2.13. The fourth-order valence-corrected chi connectivity index (χ4v) is 3.79. The van der Waals surface area contributed by atoms with Crippen LogP contribution in [0.3, 0.4) is 0 Å². The van der Waals surface area contributed by atoms with Crippen LogP contribution >= 0.6 is 23.2 Å². The van der Waals surface area contributed by atoms with Crippen LogP contribution in [0.1, 0.15) is 0 Å². The first kappa shape index (κ1) is 16.9. The van der Waals surface area contributed by atoms with Gasteiger partial charge in [-0.25, -0.2) is 8.42 Å². The third-order valence-electron chi connectivity index (χ3n) is 3.53. The number of nitrogens with one attached hydrogen (secondary N) is 1. The predicted octanol–water partition coefficient (Wildman–Crippen LogP) is 4.96. The van der Waals surface area contributed by atoms with Crippen LogP contribution in [-0.4, -0.2) is 15.5 Å². The summed E-state index contributed by atoms with van der Waals surface area (Å²) in [6, 6.07) is 15.0. The van der Waals surface area contributed by atoms with Crippen LogP contribution in [0.5, 0.6) is 5.75 Å². The number of rotatable bonds is 4.